The highest BCUT2D eigenvalue weighted by Gasteiger charge is 2.42. The van der Waals surface area contributed by atoms with Crippen LogP contribution in [0.2, 0.25) is 0 Å². The predicted octanol–water partition coefficient (Wildman–Crippen LogP) is 4.52. The lowest BCUT2D eigenvalue weighted by atomic mass is 10.1. The summed E-state index contributed by atoms with van der Waals surface area (Å²) in [4.78, 5) is 37.3. The zero-order valence-electron chi connectivity index (χ0n) is 16.2. The molecular weight excluding hydrogens is 420 g/mol. The molecule has 0 spiro atoms. The minimum Gasteiger partial charge on any atom is -0.323 e. The first kappa shape index (κ1) is 25.9. The molecule has 0 unspecified atom stereocenters. The average molecular weight is 453 g/mol. The van der Waals surface area contributed by atoms with Crippen LogP contribution in [0.1, 0.15) is 57.8 Å². The lowest BCUT2D eigenvalue weighted by Gasteiger charge is -2.20. The Kier molecular flexibility index (Phi) is 12.9. The van der Waals surface area contributed by atoms with Crippen molar-refractivity contribution in [3.8, 4) is 0 Å². The number of rotatable bonds is 16. The van der Waals surface area contributed by atoms with Crippen molar-refractivity contribution in [3.05, 3.63) is 30.3 Å². The van der Waals surface area contributed by atoms with E-state index in [2.05, 4.69) is 29.6 Å². The van der Waals surface area contributed by atoms with E-state index in [0.717, 1.165) is 25.0 Å². The van der Waals surface area contributed by atoms with Crippen molar-refractivity contribution in [2.24, 2.45) is 0 Å². The van der Waals surface area contributed by atoms with Gasteiger partial charge in [0, 0.05) is 4.90 Å². The molecule has 0 aliphatic heterocycles. The lowest BCUT2D eigenvalue weighted by Crippen LogP contribution is -2.29. The third-order valence-electron chi connectivity index (χ3n) is 4.30. The van der Waals surface area contributed by atoms with Gasteiger partial charge in [-0.2, -0.15) is 0 Å². The Balaban J connectivity index is 1.92. The molecule has 0 radical (unpaired) electrons. The Labute approximate surface area is 172 Å². The monoisotopic (exact) mass is 453 g/mol. The number of nitrogens with one attached hydrogen (secondary N) is 1. The Morgan fingerprint density at radius 1 is 0.750 bits per heavy atom. The second-order valence-electron chi connectivity index (χ2n) is 6.85. The van der Waals surface area contributed by atoms with E-state index in [0.29, 0.717) is 6.42 Å². The molecule has 28 heavy (non-hydrogen) atoms. The van der Waals surface area contributed by atoms with Crippen molar-refractivity contribution in [1.82, 2.24) is 5.32 Å². The van der Waals surface area contributed by atoms with Gasteiger partial charge >= 0.3 is 15.2 Å². The minimum atomic E-state index is -4.87. The van der Waals surface area contributed by atoms with Crippen molar-refractivity contribution in [3.63, 3.8) is 0 Å². The number of hydrogen-bond acceptors (Lipinski definition) is 4. The first-order valence-electron chi connectivity index (χ1n) is 9.73. The van der Waals surface area contributed by atoms with E-state index in [4.69, 9.17) is 19.6 Å². The second kappa shape index (κ2) is 13.9. The van der Waals surface area contributed by atoms with E-state index in [9.17, 15) is 9.13 Å². The quantitative estimate of drug-likeness (QED) is 0.140. The fourth-order valence-corrected chi connectivity index (χ4v) is 6.07. The van der Waals surface area contributed by atoms with Crippen molar-refractivity contribution in [2.45, 2.75) is 68.2 Å². The number of thioether (sulfide) groups is 1. The molecule has 0 heterocycles. The number of benzene rings is 1. The summed E-state index contributed by atoms with van der Waals surface area (Å²) in [7, 11) is -9.75. The van der Waals surface area contributed by atoms with Gasteiger partial charge in [-0.05, 0) is 37.3 Å². The zero-order chi connectivity index (χ0) is 20.9. The minimum absolute atomic E-state index is 0.181. The maximum Gasteiger partial charge on any atom is 0.354 e. The highest BCUT2D eigenvalue weighted by molar-refractivity contribution is 7.99. The van der Waals surface area contributed by atoms with Crippen LogP contribution in [0.4, 0.5) is 0 Å². The van der Waals surface area contributed by atoms with E-state index in [1.165, 1.54) is 37.0 Å². The molecule has 0 fully saturated rings. The first-order chi connectivity index (χ1) is 13.2. The molecule has 0 aromatic heterocycles. The van der Waals surface area contributed by atoms with E-state index in [1.807, 2.05) is 17.8 Å². The van der Waals surface area contributed by atoms with Crippen LogP contribution < -0.4 is 5.32 Å². The molecule has 0 amide bonds. The summed E-state index contributed by atoms with van der Waals surface area (Å²) in [5.41, 5.74) is -2.10. The average Bonchev–Trinajstić information content (AvgIpc) is 2.60. The van der Waals surface area contributed by atoms with Gasteiger partial charge < -0.3 is 19.6 Å². The van der Waals surface area contributed by atoms with Gasteiger partial charge in [-0.3, -0.25) is 14.4 Å². The second-order valence-corrected chi connectivity index (χ2v) is 11.8. The van der Waals surface area contributed by atoms with Crippen LogP contribution in [0.5, 0.6) is 0 Å². The molecule has 7 nitrogen and oxygen atoms in total. The molecule has 0 aliphatic carbocycles. The molecule has 5 N–H and O–H groups in total. The van der Waals surface area contributed by atoms with Crippen molar-refractivity contribution >= 4 is 27.0 Å². The zero-order valence-corrected chi connectivity index (χ0v) is 18.8. The van der Waals surface area contributed by atoms with Gasteiger partial charge in [-0.25, -0.2) is 0 Å². The summed E-state index contributed by atoms with van der Waals surface area (Å²) < 4.78 is 22.2. The fourth-order valence-electron chi connectivity index (χ4n) is 2.84. The van der Waals surface area contributed by atoms with E-state index in [-0.39, 0.29) is 6.54 Å². The number of hydrogen-bond donors (Lipinski definition) is 5. The van der Waals surface area contributed by atoms with Crippen LogP contribution in [0.15, 0.2) is 35.2 Å². The Bertz CT molecular complexity index is 600. The van der Waals surface area contributed by atoms with Crippen LogP contribution in [-0.2, 0) is 9.13 Å². The molecule has 0 bridgehead atoms. The van der Waals surface area contributed by atoms with Gasteiger partial charge in [0.2, 0.25) is 5.52 Å². The summed E-state index contributed by atoms with van der Waals surface area (Å²) in [6.45, 7) is 0.181. The van der Waals surface area contributed by atoms with Gasteiger partial charge in [-0.1, -0.05) is 63.1 Å². The smallest absolute Gasteiger partial charge is 0.323 e. The van der Waals surface area contributed by atoms with Crippen LogP contribution >= 0.6 is 27.0 Å². The third kappa shape index (κ3) is 12.4. The molecule has 0 atom stereocenters. The molecular formula is C18H33NO6P2S. The largest absolute Gasteiger partial charge is 0.354 e. The maximum atomic E-state index is 11.1. The van der Waals surface area contributed by atoms with Crippen LogP contribution in [-0.4, -0.2) is 37.4 Å². The van der Waals surface area contributed by atoms with Gasteiger partial charge in [0.15, 0.2) is 0 Å². The van der Waals surface area contributed by atoms with Gasteiger partial charge in [0.1, 0.15) is 0 Å². The summed E-state index contributed by atoms with van der Waals surface area (Å²) >= 11 is 1.90. The molecule has 1 aromatic carbocycles. The fraction of sp³-hybridized carbons (Fsp3) is 0.667. The topological polar surface area (TPSA) is 127 Å². The molecule has 0 aliphatic rings. The van der Waals surface area contributed by atoms with Gasteiger partial charge in [-0.15, -0.1) is 11.8 Å². The standard InChI is InChI=1S/C18H33NO6P2S/c20-26(21,22)18(27(23,24)25)19-15-11-6-4-2-1-3-5-7-12-16-28-17-13-9-8-10-14-17/h8-10,13-14,18-19H,1-7,11-12,15-16H2,(H2,20,21,22)(H2,23,24,25). The van der Waals surface area contributed by atoms with Crippen molar-refractivity contribution in [1.29, 1.82) is 0 Å². The predicted molar refractivity (Wildman–Crippen MR) is 115 cm³/mol. The lowest BCUT2D eigenvalue weighted by molar-refractivity contribution is 0.327. The molecule has 162 valence electrons. The Morgan fingerprint density at radius 3 is 1.71 bits per heavy atom. The summed E-state index contributed by atoms with van der Waals surface area (Å²) in [6.07, 6.45) is 9.73. The molecule has 0 saturated heterocycles. The normalized spacial score (nSPS) is 12.6. The van der Waals surface area contributed by atoms with E-state index in [1.54, 1.807) is 0 Å². The first-order valence-corrected chi connectivity index (χ1v) is 14.1. The van der Waals surface area contributed by atoms with Crippen LogP contribution in [0.25, 0.3) is 0 Å². The van der Waals surface area contributed by atoms with Gasteiger partial charge in [0.25, 0.3) is 0 Å². The SMILES string of the molecule is O=P(O)(O)C(NCCCCCCCCCCCSc1ccccc1)P(=O)(O)O. The maximum absolute atomic E-state index is 11.1. The highest BCUT2D eigenvalue weighted by atomic mass is 32.2. The summed E-state index contributed by atoms with van der Waals surface area (Å²) in [6, 6.07) is 10.4. The highest BCUT2D eigenvalue weighted by Crippen LogP contribution is 2.58. The van der Waals surface area contributed by atoms with E-state index >= 15 is 0 Å². The van der Waals surface area contributed by atoms with Crippen LogP contribution in [0.3, 0.4) is 0 Å². The molecule has 1 aromatic rings. The Morgan fingerprint density at radius 2 is 1.21 bits per heavy atom. The van der Waals surface area contributed by atoms with Crippen molar-refractivity contribution in [2.75, 3.05) is 12.3 Å². The summed E-state index contributed by atoms with van der Waals surface area (Å²) in [5.74, 6) is 1.15. The third-order valence-corrected chi connectivity index (χ3v) is 8.84. The molecule has 10 heteroatoms. The van der Waals surface area contributed by atoms with Crippen LogP contribution in [0, 0.1) is 0 Å². The van der Waals surface area contributed by atoms with Gasteiger partial charge in [0.05, 0.1) is 0 Å². The molecule has 1 rings (SSSR count). The van der Waals surface area contributed by atoms with Crippen molar-refractivity contribution < 1.29 is 28.7 Å². The Hall–Kier alpha value is -0.170. The molecule has 0 saturated carbocycles. The summed E-state index contributed by atoms with van der Waals surface area (Å²) in [5, 5.41) is 2.31. The number of unbranched alkanes of at least 4 members (excludes halogenated alkanes) is 8. The van der Waals surface area contributed by atoms with E-state index < -0.39 is 20.7 Å².